The first kappa shape index (κ1) is 12.6. The maximum absolute atomic E-state index is 13.6. The third-order valence-electron chi connectivity index (χ3n) is 2.53. The summed E-state index contributed by atoms with van der Waals surface area (Å²) in [6.07, 6.45) is 0. The molecule has 0 bridgehead atoms. The van der Waals surface area contributed by atoms with Crippen molar-refractivity contribution in [2.24, 2.45) is 0 Å². The van der Waals surface area contributed by atoms with Gasteiger partial charge in [0, 0.05) is 22.3 Å². The Labute approximate surface area is 113 Å². The fourth-order valence-electron chi connectivity index (χ4n) is 1.56. The van der Waals surface area contributed by atoms with Crippen LogP contribution in [0.1, 0.15) is 11.1 Å². The molecule has 2 rings (SSSR count). The number of hydrogen-bond acceptors (Lipinski definition) is 2. The van der Waals surface area contributed by atoms with Crippen molar-refractivity contribution < 1.29 is 4.39 Å². The van der Waals surface area contributed by atoms with Crippen molar-refractivity contribution in [2.45, 2.75) is 6.54 Å². The number of benzene rings is 2. The van der Waals surface area contributed by atoms with Gasteiger partial charge in [-0.05, 0) is 40.2 Å². The fraction of sp³-hybridized carbons (Fsp3) is 0.0714. The number of nitrogens with zero attached hydrogens (tertiary/aromatic N) is 1. The molecule has 0 radical (unpaired) electrons. The van der Waals surface area contributed by atoms with Gasteiger partial charge in [0.15, 0.2) is 0 Å². The zero-order valence-corrected chi connectivity index (χ0v) is 11.0. The van der Waals surface area contributed by atoms with Crippen LogP contribution in [0.3, 0.4) is 0 Å². The second-order valence-electron chi connectivity index (χ2n) is 3.75. The first-order valence-electron chi connectivity index (χ1n) is 5.37. The molecule has 2 nitrogen and oxygen atoms in total. The average molecular weight is 305 g/mol. The smallest absolute Gasteiger partial charge is 0.129 e. The van der Waals surface area contributed by atoms with Gasteiger partial charge in [0.25, 0.3) is 0 Å². The van der Waals surface area contributed by atoms with Crippen LogP contribution in [0.5, 0.6) is 0 Å². The van der Waals surface area contributed by atoms with Gasteiger partial charge in [0.2, 0.25) is 0 Å². The van der Waals surface area contributed by atoms with Crippen LogP contribution in [0.4, 0.5) is 10.1 Å². The molecule has 0 saturated carbocycles. The summed E-state index contributed by atoms with van der Waals surface area (Å²) in [5.74, 6) is -0.367. The number of halogens is 2. The monoisotopic (exact) mass is 304 g/mol. The summed E-state index contributed by atoms with van der Waals surface area (Å²) >= 11 is 3.41. The number of nitriles is 1. The van der Waals surface area contributed by atoms with Crippen LogP contribution in [-0.4, -0.2) is 0 Å². The molecule has 0 aromatic heterocycles. The van der Waals surface area contributed by atoms with Gasteiger partial charge < -0.3 is 5.32 Å². The van der Waals surface area contributed by atoms with Crippen LogP contribution < -0.4 is 5.32 Å². The van der Waals surface area contributed by atoms with Gasteiger partial charge in [-0.25, -0.2) is 4.39 Å². The van der Waals surface area contributed by atoms with Crippen LogP contribution >= 0.6 is 15.9 Å². The molecular weight excluding hydrogens is 295 g/mol. The molecule has 0 aliphatic carbocycles. The Bertz CT molecular complexity index is 605. The van der Waals surface area contributed by atoms with Crippen molar-refractivity contribution in [2.75, 3.05) is 5.32 Å². The van der Waals surface area contributed by atoms with Crippen LogP contribution in [0, 0.1) is 17.1 Å². The standard InChI is InChI=1S/C14H10BrFN2/c15-12-3-1-2-4-14(12)18-9-11-6-5-10(8-17)7-13(11)16/h1-7,18H,9H2. The summed E-state index contributed by atoms with van der Waals surface area (Å²) < 4.78 is 14.6. The zero-order valence-electron chi connectivity index (χ0n) is 9.45. The van der Waals surface area contributed by atoms with E-state index in [1.807, 2.05) is 30.3 Å². The van der Waals surface area contributed by atoms with E-state index >= 15 is 0 Å². The molecule has 0 heterocycles. The summed E-state index contributed by atoms with van der Waals surface area (Å²) in [7, 11) is 0. The Balaban J connectivity index is 2.12. The molecule has 0 fully saturated rings. The molecule has 2 aromatic rings. The lowest BCUT2D eigenvalue weighted by Gasteiger charge is -2.09. The number of hydrogen-bond donors (Lipinski definition) is 1. The third-order valence-corrected chi connectivity index (χ3v) is 3.22. The van der Waals surface area contributed by atoms with E-state index in [0.717, 1.165) is 10.2 Å². The van der Waals surface area contributed by atoms with Crippen LogP contribution in [0.15, 0.2) is 46.9 Å². The minimum Gasteiger partial charge on any atom is -0.380 e. The minimum atomic E-state index is -0.367. The Hall–Kier alpha value is -1.86. The molecule has 0 saturated heterocycles. The van der Waals surface area contributed by atoms with Gasteiger partial charge >= 0.3 is 0 Å². The molecule has 0 aliphatic rings. The lowest BCUT2D eigenvalue weighted by Crippen LogP contribution is -2.02. The molecule has 0 amide bonds. The number of rotatable bonds is 3. The SMILES string of the molecule is N#Cc1ccc(CNc2ccccc2Br)c(F)c1. The molecule has 4 heteroatoms. The maximum atomic E-state index is 13.6. The third kappa shape index (κ3) is 2.88. The molecule has 18 heavy (non-hydrogen) atoms. The normalized spacial score (nSPS) is 9.83. The summed E-state index contributed by atoms with van der Waals surface area (Å²) in [6, 6.07) is 14.0. The lowest BCUT2D eigenvalue weighted by molar-refractivity contribution is 0.612. The van der Waals surface area contributed by atoms with Crippen molar-refractivity contribution in [1.82, 2.24) is 0 Å². The van der Waals surface area contributed by atoms with E-state index in [-0.39, 0.29) is 5.82 Å². The van der Waals surface area contributed by atoms with Crippen LogP contribution in [0.2, 0.25) is 0 Å². The highest BCUT2D eigenvalue weighted by Gasteiger charge is 2.04. The predicted molar refractivity (Wildman–Crippen MR) is 72.6 cm³/mol. The first-order chi connectivity index (χ1) is 8.70. The molecule has 2 aromatic carbocycles. The van der Waals surface area contributed by atoms with E-state index < -0.39 is 0 Å². The van der Waals surface area contributed by atoms with Crippen molar-refractivity contribution in [3.05, 3.63) is 63.9 Å². The highest BCUT2D eigenvalue weighted by molar-refractivity contribution is 9.10. The number of para-hydroxylation sites is 1. The highest BCUT2D eigenvalue weighted by Crippen LogP contribution is 2.22. The zero-order chi connectivity index (χ0) is 13.0. The molecular formula is C14H10BrFN2. The molecule has 0 atom stereocenters. The maximum Gasteiger partial charge on any atom is 0.129 e. The van der Waals surface area contributed by atoms with Crippen molar-refractivity contribution >= 4 is 21.6 Å². The van der Waals surface area contributed by atoms with Crippen molar-refractivity contribution in [1.29, 1.82) is 5.26 Å². The summed E-state index contributed by atoms with van der Waals surface area (Å²) in [5, 5.41) is 11.8. The van der Waals surface area contributed by atoms with E-state index in [9.17, 15) is 4.39 Å². The fourth-order valence-corrected chi connectivity index (χ4v) is 1.98. The molecule has 90 valence electrons. The summed E-state index contributed by atoms with van der Waals surface area (Å²) in [6.45, 7) is 0.375. The molecule has 1 N–H and O–H groups in total. The number of nitrogens with one attached hydrogen (secondary N) is 1. The quantitative estimate of drug-likeness (QED) is 0.927. The molecule has 0 aliphatic heterocycles. The first-order valence-corrected chi connectivity index (χ1v) is 6.17. The van der Waals surface area contributed by atoms with E-state index in [0.29, 0.717) is 17.7 Å². The average Bonchev–Trinajstić information content (AvgIpc) is 2.39. The van der Waals surface area contributed by atoms with Crippen molar-refractivity contribution in [3.8, 4) is 6.07 Å². The Morgan fingerprint density at radius 1 is 1.22 bits per heavy atom. The van der Waals surface area contributed by atoms with E-state index in [1.54, 1.807) is 12.1 Å². The predicted octanol–water partition coefficient (Wildman–Crippen LogP) is 4.07. The van der Waals surface area contributed by atoms with E-state index in [1.165, 1.54) is 6.07 Å². The van der Waals surface area contributed by atoms with Crippen LogP contribution in [0.25, 0.3) is 0 Å². The summed E-state index contributed by atoms with van der Waals surface area (Å²) in [4.78, 5) is 0. The highest BCUT2D eigenvalue weighted by atomic mass is 79.9. The largest absolute Gasteiger partial charge is 0.380 e. The van der Waals surface area contributed by atoms with Crippen molar-refractivity contribution in [3.63, 3.8) is 0 Å². The minimum absolute atomic E-state index is 0.331. The molecule has 0 spiro atoms. The summed E-state index contributed by atoms with van der Waals surface area (Å²) in [5.41, 5.74) is 1.77. The van der Waals surface area contributed by atoms with Gasteiger partial charge in [-0.3, -0.25) is 0 Å². The van der Waals surface area contributed by atoms with E-state index in [4.69, 9.17) is 5.26 Å². The Morgan fingerprint density at radius 2 is 2.00 bits per heavy atom. The van der Waals surface area contributed by atoms with Gasteiger partial charge in [-0.15, -0.1) is 0 Å². The number of anilines is 1. The Morgan fingerprint density at radius 3 is 2.67 bits per heavy atom. The van der Waals surface area contributed by atoms with Gasteiger partial charge in [0.1, 0.15) is 5.82 Å². The van der Waals surface area contributed by atoms with Crippen LogP contribution in [-0.2, 0) is 6.54 Å². The topological polar surface area (TPSA) is 35.8 Å². The second kappa shape index (κ2) is 5.65. The van der Waals surface area contributed by atoms with E-state index in [2.05, 4.69) is 21.2 Å². The molecule has 0 unspecified atom stereocenters. The lowest BCUT2D eigenvalue weighted by atomic mass is 10.1. The Kier molecular flexibility index (Phi) is 3.96. The van der Waals surface area contributed by atoms with Gasteiger partial charge in [-0.2, -0.15) is 5.26 Å². The van der Waals surface area contributed by atoms with Gasteiger partial charge in [-0.1, -0.05) is 18.2 Å². The van der Waals surface area contributed by atoms with Gasteiger partial charge in [0.05, 0.1) is 11.6 Å². The second-order valence-corrected chi connectivity index (χ2v) is 4.61.